The highest BCUT2D eigenvalue weighted by atomic mass is 16.5. The van der Waals surface area contributed by atoms with E-state index in [1.165, 1.54) is 19.3 Å². The summed E-state index contributed by atoms with van der Waals surface area (Å²) in [4.78, 5) is 30.7. The van der Waals surface area contributed by atoms with Gasteiger partial charge in [-0.1, -0.05) is 25.3 Å². The molecule has 1 saturated carbocycles. The molecule has 1 atom stereocenters. The number of morpholine rings is 1. The second-order valence-corrected chi connectivity index (χ2v) is 7.91. The zero-order valence-electron chi connectivity index (χ0n) is 16.8. The van der Waals surface area contributed by atoms with Crippen molar-refractivity contribution in [2.24, 2.45) is 5.92 Å². The topological polar surface area (TPSA) is 83.6 Å². The standard InChI is InChI=1S/C21H32N4O3/c1-16-15-25(9-10-28-16)19-8-7-18(12-22-19)13-23-21(27)14-24-20(26)11-17-5-3-2-4-6-17/h7-8,12,16-17H,2-6,9-11,13-15H2,1H3,(H,23,27)(H,24,26). The molecule has 2 heterocycles. The first-order valence-corrected chi connectivity index (χ1v) is 10.4. The minimum absolute atomic E-state index is 0.0205. The highest BCUT2D eigenvalue weighted by molar-refractivity contribution is 5.84. The van der Waals surface area contributed by atoms with Crippen LogP contribution in [0.3, 0.4) is 0 Å². The summed E-state index contributed by atoms with van der Waals surface area (Å²) in [6.45, 7) is 4.89. The Kier molecular flexibility index (Phi) is 7.65. The minimum Gasteiger partial charge on any atom is -0.375 e. The molecule has 1 aromatic heterocycles. The zero-order valence-corrected chi connectivity index (χ0v) is 16.8. The first-order valence-electron chi connectivity index (χ1n) is 10.4. The van der Waals surface area contributed by atoms with Gasteiger partial charge < -0.3 is 20.3 Å². The number of amides is 2. The van der Waals surface area contributed by atoms with E-state index in [0.29, 0.717) is 25.5 Å². The number of rotatable bonds is 7. The highest BCUT2D eigenvalue weighted by Gasteiger charge is 2.18. The largest absolute Gasteiger partial charge is 0.375 e. The summed E-state index contributed by atoms with van der Waals surface area (Å²) in [5.41, 5.74) is 0.937. The molecule has 1 unspecified atom stereocenters. The van der Waals surface area contributed by atoms with Gasteiger partial charge in [0.05, 0.1) is 19.3 Å². The third-order valence-corrected chi connectivity index (χ3v) is 5.51. The molecule has 3 rings (SSSR count). The van der Waals surface area contributed by atoms with Crippen LogP contribution in [-0.2, 0) is 20.9 Å². The van der Waals surface area contributed by atoms with Crippen molar-refractivity contribution in [3.8, 4) is 0 Å². The SMILES string of the molecule is CC1CN(c2ccc(CNC(=O)CNC(=O)CC3CCCCC3)cn2)CCO1. The highest BCUT2D eigenvalue weighted by Crippen LogP contribution is 2.26. The van der Waals surface area contributed by atoms with Crippen molar-refractivity contribution in [1.82, 2.24) is 15.6 Å². The number of nitrogens with one attached hydrogen (secondary N) is 2. The van der Waals surface area contributed by atoms with Crippen molar-refractivity contribution in [3.05, 3.63) is 23.9 Å². The number of pyridine rings is 1. The summed E-state index contributed by atoms with van der Waals surface area (Å²) >= 11 is 0. The van der Waals surface area contributed by atoms with Gasteiger partial charge in [-0.15, -0.1) is 0 Å². The normalized spacial score (nSPS) is 20.6. The van der Waals surface area contributed by atoms with Crippen LogP contribution in [0, 0.1) is 5.92 Å². The molecule has 2 fully saturated rings. The Bertz CT molecular complexity index is 644. The Morgan fingerprint density at radius 1 is 1.18 bits per heavy atom. The van der Waals surface area contributed by atoms with Crippen molar-refractivity contribution < 1.29 is 14.3 Å². The molecule has 28 heavy (non-hydrogen) atoms. The fourth-order valence-corrected chi connectivity index (χ4v) is 3.90. The molecule has 0 bridgehead atoms. The average molecular weight is 389 g/mol. The van der Waals surface area contributed by atoms with Crippen LogP contribution in [0.2, 0.25) is 0 Å². The van der Waals surface area contributed by atoms with Gasteiger partial charge in [-0.2, -0.15) is 0 Å². The van der Waals surface area contributed by atoms with Gasteiger partial charge >= 0.3 is 0 Å². The second-order valence-electron chi connectivity index (χ2n) is 7.91. The third kappa shape index (κ3) is 6.48. The van der Waals surface area contributed by atoms with Gasteiger partial charge in [0, 0.05) is 32.3 Å². The molecule has 0 aromatic carbocycles. The van der Waals surface area contributed by atoms with Crippen LogP contribution in [0.25, 0.3) is 0 Å². The fraction of sp³-hybridized carbons (Fsp3) is 0.667. The summed E-state index contributed by atoms with van der Waals surface area (Å²) in [6.07, 6.45) is 8.52. The van der Waals surface area contributed by atoms with E-state index in [1.54, 1.807) is 6.20 Å². The first-order chi connectivity index (χ1) is 13.6. The molecule has 1 aliphatic heterocycles. The summed E-state index contributed by atoms with van der Waals surface area (Å²) in [5, 5.41) is 5.57. The molecule has 0 radical (unpaired) electrons. The van der Waals surface area contributed by atoms with Crippen LogP contribution in [0.1, 0.15) is 51.0 Å². The van der Waals surface area contributed by atoms with Crippen molar-refractivity contribution in [3.63, 3.8) is 0 Å². The lowest BCUT2D eigenvalue weighted by Gasteiger charge is -2.32. The molecule has 7 heteroatoms. The summed E-state index contributed by atoms with van der Waals surface area (Å²) in [7, 11) is 0. The van der Waals surface area contributed by atoms with Crippen molar-refractivity contribution >= 4 is 17.6 Å². The Balaban J connectivity index is 1.35. The van der Waals surface area contributed by atoms with Crippen LogP contribution in [0.5, 0.6) is 0 Å². The maximum absolute atomic E-state index is 12.0. The predicted molar refractivity (Wildman–Crippen MR) is 108 cm³/mol. The Morgan fingerprint density at radius 3 is 2.71 bits per heavy atom. The van der Waals surface area contributed by atoms with Crippen molar-refractivity contribution in [1.29, 1.82) is 0 Å². The van der Waals surface area contributed by atoms with Crippen LogP contribution in [0.4, 0.5) is 5.82 Å². The molecule has 1 aromatic rings. The number of nitrogens with zero attached hydrogens (tertiary/aromatic N) is 2. The number of hydrogen-bond donors (Lipinski definition) is 2. The third-order valence-electron chi connectivity index (χ3n) is 5.51. The molecular formula is C21H32N4O3. The van der Waals surface area contributed by atoms with E-state index in [9.17, 15) is 9.59 Å². The molecule has 154 valence electrons. The van der Waals surface area contributed by atoms with E-state index < -0.39 is 0 Å². The minimum atomic E-state index is -0.178. The monoisotopic (exact) mass is 388 g/mol. The van der Waals surface area contributed by atoms with Crippen LogP contribution in [-0.4, -0.2) is 49.1 Å². The smallest absolute Gasteiger partial charge is 0.239 e. The number of carbonyl (C=O) groups is 2. The Labute approximate surface area is 167 Å². The summed E-state index contributed by atoms with van der Waals surface area (Å²) < 4.78 is 5.55. The van der Waals surface area contributed by atoms with Crippen LogP contribution < -0.4 is 15.5 Å². The lowest BCUT2D eigenvalue weighted by molar-refractivity contribution is -0.126. The van der Waals surface area contributed by atoms with Gasteiger partial charge in [-0.3, -0.25) is 9.59 Å². The van der Waals surface area contributed by atoms with Gasteiger partial charge in [0.15, 0.2) is 0 Å². The fourth-order valence-electron chi connectivity index (χ4n) is 3.90. The number of ether oxygens (including phenoxy) is 1. The molecule has 0 spiro atoms. The van der Waals surface area contributed by atoms with Gasteiger partial charge in [0.25, 0.3) is 0 Å². The average Bonchev–Trinajstić information content (AvgIpc) is 2.72. The van der Waals surface area contributed by atoms with E-state index in [2.05, 4.69) is 27.4 Å². The Morgan fingerprint density at radius 2 is 2.00 bits per heavy atom. The molecule has 2 aliphatic rings. The van der Waals surface area contributed by atoms with E-state index in [4.69, 9.17) is 4.74 Å². The molecule has 1 aliphatic carbocycles. The number of carbonyl (C=O) groups excluding carboxylic acids is 2. The summed E-state index contributed by atoms with van der Waals surface area (Å²) in [5.74, 6) is 1.21. The number of hydrogen-bond acceptors (Lipinski definition) is 5. The van der Waals surface area contributed by atoms with E-state index >= 15 is 0 Å². The summed E-state index contributed by atoms with van der Waals surface area (Å²) in [6, 6.07) is 3.95. The predicted octanol–water partition coefficient (Wildman–Crippen LogP) is 2.01. The lowest BCUT2D eigenvalue weighted by atomic mass is 9.87. The van der Waals surface area contributed by atoms with E-state index in [0.717, 1.165) is 37.3 Å². The number of aromatic nitrogens is 1. The van der Waals surface area contributed by atoms with Crippen molar-refractivity contribution in [2.45, 2.75) is 58.1 Å². The second kappa shape index (κ2) is 10.4. The van der Waals surface area contributed by atoms with Crippen LogP contribution >= 0.6 is 0 Å². The van der Waals surface area contributed by atoms with Gasteiger partial charge in [-0.25, -0.2) is 4.98 Å². The Hall–Kier alpha value is -2.15. The van der Waals surface area contributed by atoms with Gasteiger partial charge in [-0.05, 0) is 37.3 Å². The first kappa shape index (κ1) is 20.6. The van der Waals surface area contributed by atoms with Gasteiger partial charge in [0.1, 0.15) is 5.82 Å². The molecular weight excluding hydrogens is 356 g/mol. The molecule has 2 amide bonds. The zero-order chi connectivity index (χ0) is 19.8. The number of anilines is 1. The van der Waals surface area contributed by atoms with E-state index in [-0.39, 0.29) is 24.5 Å². The molecule has 7 nitrogen and oxygen atoms in total. The quantitative estimate of drug-likeness (QED) is 0.747. The van der Waals surface area contributed by atoms with E-state index in [1.807, 2.05) is 12.1 Å². The van der Waals surface area contributed by atoms with Gasteiger partial charge in [0.2, 0.25) is 11.8 Å². The lowest BCUT2D eigenvalue weighted by Crippen LogP contribution is -2.41. The maximum atomic E-state index is 12.0. The van der Waals surface area contributed by atoms with Crippen LogP contribution in [0.15, 0.2) is 18.3 Å². The molecule has 1 saturated heterocycles. The van der Waals surface area contributed by atoms with Crippen molar-refractivity contribution in [2.75, 3.05) is 31.1 Å². The molecule has 2 N–H and O–H groups in total. The maximum Gasteiger partial charge on any atom is 0.239 e.